The van der Waals surface area contributed by atoms with Gasteiger partial charge in [0.1, 0.15) is 11.3 Å². The Kier molecular flexibility index (Phi) is 9.10. The van der Waals surface area contributed by atoms with Crippen molar-refractivity contribution >= 4 is 75.5 Å². The van der Waals surface area contributed by atoms with Gasteiger partial charge in [0.25, 0.3) is 0 Å². The summed E-state index contributed by atoms with van der Waals surface area (Å²) in [4.78, 5) is 9.95. The van der Waals surface area contributed by atoms with Crippen LogP contribution in [0.25, 0.3) is 97.7 Å². The number of rotatable bonds is 8. The number of hydrogen-bond acceptors (Lipinski definition) is 5. The number of hydrogen-bond donors (Lipinski definition) is 1. The maximum atomic E-state index is 6.75. The standard InChI is InChI=1S/C56H39N3OS/c1-35(47-18-7-9-29-57-47)31-42(32-36(2)48-19-8-10-30-58-48)40-14-11-13-39(33-40)37-23-25-38(26-24-37)55-56-54(45-16-3-5-21-50(45)60-56)53-43(17-12-20-49(53)59-55)41-27-28-52-46(34-41)44-15-4-6-22-51(44)61-52/h3-34,48,58H,1H2,2H3/b36-32+,42-31+. The van der Waals surface area contributed by atoms with E-state index in [1.807, 2.05) is 47.9 Å². The average Bonchev–Trinajstić information content (AvgIpc) is 3.90. The summed E-state index contributed by atoms with van der Waals surface area (Å²) in [5.41, 5.74) is 14.0. The minimum Gasteiger partial charge on any atom is -0.454 e. The third kappa shape index (κ3) is 6.66. The van der Waals surface area contributed by atoms with E-state index in [2.05, 4.69) is 176 Å². The van der Waals surface area contributed by atoms with Crippen LogP contribution in [0.2, 0.25) is 0 Å². The first-order valence-electron chi connectivity index (χ1n) is 20.5. The molecule has 0 aliphatic carbocycles. The Morgan fingerprint density at radius 2 is 1.46 bits per heavy atom. The summed E-state index contributed by atoms with van der Waals surface area (Å²) < 4.78 is 9.34. The SMILES string of the molecule is C=C(/C=C(\C=C(/C)C1C=CC=CN1)c1cccc(-c2ccc(-c3nc4cccc(-c5ccc6sc7ccccc7c6c5)c4c4c3oc3ccccc34)cc2)c1)c1ccccn1. The first-order valence-corrected chi connectivity index (χ1v) is 21.3. The highest BCUT2D eigenvalue weighted by molar-refractivity contribution is 7.25. The molecule has 5 heterocycles. The molecular weight excluding hydrogens is 763 g/mol. The van der Waals surface area contributed by atoms with Crippen LogP contribution in [-0.2, 0) is 0 Å². The molecule has 1 unspecified atom stereocenters. The summed E-state index contributed by atoms with van der Waals surface area (Å²) >= 11 is 1.84. The van der Waals surface area contributed by atoms with E-state index in [9.17, 15) is 0 Å². The number of dihydropyridines is 1. The molecule has 0 fully saturated rings. The first kappa shape index (κ1) is 36.5. The number of furan rings is 1. The predicted octanol–water partition coefficient (Wildman–Crippen LogP) is 15.0. The normalized spacial score (nSPS) is 14.4. The van der Waals surface area contributed by atoms with Gasteiger partial charge in [-0.1, -0.05) is 128 Å². The monoisotopic (exact) mass is 801 g/mol. The van der Waals surface area contributed by atoms with E-state index in [0.717, 1.165) is 83.2 Å². The number of thiophene rings is 1. The highest BCUT2D eigenvalue weighted by Gasteiger charge is 2.21. The second-order valence-electron chi connectivity index (χ2n) is 15.5. The molecule has 6 aromatic carbocycles. The Bertz CT molecular complexity index is 3470. The highest BCUT2D eigenvalue weighted by atomic mass is 32.1. The summed E-state index contributed by atoms with van der Waals surface area (Å²) in [6.45, 7) is 6.56. The minimum absolute atomic E-state index is 0.108. The van der Waals surface area contributed by atoms with E-state index in [1.54, 1.807) is 6.20 Å². The Morgan fingerprint density at radius 1 is 0.672 bits per heavy atom. The Hall–Kier alpha value is -7.60. The Balaban J connectivity index is 0.999. The summed E-state index contributed by atoms with van der Waals surface area (Å²) in [5.74, 6) is 0. The number of pyridine rings is 2. The van der Waals surface area contributed by atoms with Crippen LogP contribution in [0.5, 0.6) is 0 Å². The van der Waals surface area contributed by atoms with Gasteiger partial charge in [0.2, 0.25) is 0 Å². The second-order valence-corrected chi connectivity index (χ2v) is 16.6. The van der Waals surface area contributed by atoms with E-state index >= 15 is 0 Å². The fraction of sp³-hybridized carbons (Fsp3) is 0.0357. The summed E-state index contributed by atoms with van der Waals surface area (Å²) in [5, 5.41) is 9.29. The van der Waals surface area contributed by atoms with Crippen molar-refractivity contribution in [2.45, 2.75) is 13.0 Å². The summed E-state index contributed by atoms with van der Waals surface area (Å²) in [6.07, 6.45) is 14.4. The molecule has 1 aliphatic rings. The molecular formula is C56H39N3OS. The molecule has 0 saturated carbocycles. The lowest BCUT2D eigenvalue weighted by Crippen LogP contribution is -2.24. The lowest BCUT2D eigenvalue weighted by molar-refractivity contribution is 0.669. The third-order valence-corrected chi connectivity index (χ3v) is 12.8. The molecule has 1 atom stereocenters. The summed E-state index contributed by atoms with van der Waals surface area (Å²) in [6, 6.07) is 53.8. The molecule has 0 spiro atoms. The van der Waals surface area contributed by atoms with Crippen LogP contribution in [0.4, 0.5) is 0 Å². The van der Waals surface area contributed by atoms with Gasteiger partial charge in [-0.05, 0) is 118 Å². The van der Waals surface area contributed by atoms with E-state index in [0.29, 0.717) is 0 Å². The fourth-order valence-electron chi connectivity index (χ4n) is 8.64. The van der Waals surface area contributed by atoms with Gasteiger partial charge in [0.05, 0.1) is 17.3 Å². The van der Waals surface area contributed by atoms with Crippen molar-refractivity contribution in [3.05, 3.63) is 218 Å². The predicted molar refractivity (Wildman–Crippen MR) is 258 cm³/mol. The maximum absolute atomic E-state index is 6.75. The number of aromatic nitrogens is 2. The maximum Gasteiger partial charge on any atom is 0.162 e. The van der Waals surface area contributed by atoms with E-state index in [4.69, 9.17) is 9.40 Å². The van der Waals surface area contributed by atoms with Crippen molar-refractivity contribution in [1.82, 2.24) is 15.3 Å². The number of benzene rings is 6. The zero-order valence-corrected chi connectivity index (χ0v) is 34.3. The van der Waals surface area contributed by atoms with Crippen molar-refractivity contribution < 1.29 is 4.42 Å². The van der Waals surface area contributed by atoms with Crippen molar-refractivity contribution in [1.29, 1.82) is 0 Å². The zero-order chi connectivity index (χ0) is 40.9. The van der Waals surface area contributed by atoms with Gasteiger partial charge in [-0.25, -0.2) is 4.98 Å². The molecule has 290 valence electrons. The number of fused-ring (bicyclic) bond motifs is 8. The van der Waals surface area contributed by atoms with Crippen LogP contribution in [0.3, 0.4) is 0 Å². The molecule has 5 heteroatoms. The van der Waals surface area contributed by atoms with E-state index in [1.165, 1.54) is 31.3 Å². The van der Waals surface area contributed by atoms with Gasteiger partial charge in [0.15, 0.2) is 5.58 Å². The minimum atomic E-state index is 0.108. The van der Waals surface area contributed by atoms with Crippen molar-refractivity contribution in [2.24, 2.45) is 0 Å². The topological polar surface area (TPSA) is 51.0 Å². The first-order chi connectivity index (χ1) is 30.1. The lowest BCUT2D eigenvalue weighted by atomic mass is 9.93. The molecule has 11 rings (SSSR count). The van der Waals surface area contributed by atoms with Gasteiger partial charge in [-0.2, -0.15) is 0 Å². The molecule has 10 aromatic rings. The second kappa shape index (κ2) is 15.2. The van der Waals surface area contributed by atoms with E-state index in [-0.39, 0.29) is 6.04 Å². The van der Waals surface area contributed by atoms with Crippen LogP contribution in [0, 0.1) is 0 Å². The van der Waals surface area contributed by atoms with Gasteiger partial charge in [-0.3, -0.25) is 4.98 Å². The van der Waals surface area contributed by atoms with E-state index < -0.39 is 0 Å². The molecule has 61 heavy (non-hydrogen) atoms. The van der Waals surface area contributed by atoms with Crippen LogP contribution < -0.4 is 5.32 Å². The van der Waals surface area contributed by atoms with Crippen LogP contribution in [-0.4, -0.2) is 16.0 Å². The van der Waals surface area contributed by atoms with Gasteiger partial charge >= 0.3 is 0 Å². The highest BCUT2D eigenvalue weighted by Crippen LogP contribution is 2.44. The Labute approximate surface area is 357 Å². The molecule has 0 saturated heterocycles. The molecule has 0 bridgehead atoms. The molecule has 1 aliphatic heterocycles. The van der Waals surface area contributed by atoms with Crippen molar-refractivity contribution in [3.8, 4) is 33.5 Å². The number of allylic oxidation sites excluding steroid dienone is 6. The van der Waals surface area contributed by atoms with Crippen LogP contribution in [0.15, 0.2) is 211 Å². The zero-order valence-electron chi connectivity index (χ0n) is 33.5. The Morgan fingerprint density at radius 3 is 2.31 bits per heavy atom. The van der Waals surface area contributed by atoms with Gasteiger partial charge < -0.3 is 9.73 Å². The lowest BCUT2D eigenvalue weighted by Gasteiger charge is -2.18. The smallest absolute Gasteiger partial charge is 0.162 e. The number of nitrogens with one attached hydrogen (secondary N) is 1. The fourth-order valence-corrected chi connectivity index (χ4v) is 9.73. The largest absolute Gasteiger partial charge is 0.454 e. The van der Waals surface area contributed by atoms with Crippen molar-refractivity contribution in [2.75, 3.05) is 0 Å². The molecule has 0 amide bonds. The summed E-state index contributed by atoms with van der Waals surface area (Å²) in [7, 11) is 0. The average molecular weight is 802 g/mol. The van der Waals surface area contributed by atoms with Crippen molar-refractivity contribution in [3.63, 3.8) is 0 Å². The molecule has 1 N–H and O–H groups in total. The van der Waals surface area contributed by atoms with Crippen LogP contribution in [0.1, 0.15) is 18.2 Å². The van der Waals surface area contributed by atoms with Gasteiger partial charge in [0, 0.05) is 48.1 Å². The third-order valence-electron chi connectivity index (χ3n) is 11.7. The molecule has 0 radical (unpaired) electrons. The quantitative estimate of drug-likeness (QED) is 0.156. The molecule has 4 aromatic heterocycles. The number of para-hydroxylation sites is 1. The van der Waals surface area contributed by atoms with Gasteiger partial charge in [-0.15, -0.1) is 11.3 Å². The van der Waals surface area contributed by atoms with Crippen LogP contribution >= 0.6 is 11.3 Å². The molecule has 4 nitrogen and oxygen atoms in total. The number of nitrogens with zero attached hydrogens (tertiary/aromatic N) is 2.